The Morgan fingerprint density at radius 2 is 0.524 bits per heavy atom. The lowest BCUT2D eigenvalue weighted by Gasteiger charge is -2.31. The van der Waals surface area contributed by atoms with Gasteiger partial charge in [0, 0.05) is 87.1 Å². The van der Waals surface area contributed by atoms with Gasteiger partial charge >= 0.3 is 0 Å². The quantitative estimate of drug-likeness (QED) is 0.139. The van der Waals surface area contributed by atoms with E-state index in [0.717, 1.165) is 61.8 Å². The summed E-state index contributed by atoms with van der Waals surface area (Å²) in [6.07, 6.45) is 0. The van der Waals surface area contributed by atoms with Crippen molar-refractivity contribution in [2.24, 2.45) is 0 Å². The van der Waals surface area contributed by atoms with Gasteiger partial charge in [-0.05, 0) is 246 Å². The van der Waals surface area contributed by atoms with Gasteiger partial charge in [-0.3, -0.25) is 0 Å². The number of thiophene rings is 2. The average molecular weight is 1450 g/mol. The van der Waals surface area contributed by atoms with Crippen molar-refractivity contribution in [3.63, 3.8) is 0 Å². The van der Waals surface area contributed by atoms with Gasteiger partial charge in [0.1, 0.15) is 0 Å². The molecule has 7 heteroatoms. The molecule has 2 heterocycles. The van der Waals surface area contributed by atoms with Crippen molar-refractivity contribution in [3.8, 4) is 0 Å². The third-order valence-electron chi connectivity index (χ3n) is 19.9. The average Bonchev–Trinajstić information content (AvgIpc) is 1.70. The highest BCUT2D eigenvalue weighted by Crippen LogP contribution is 2.48. The molecule has 548 valence electrons. The van der Waals surface area contributed by atoms with Crippen molar-refractivity contribution >= 4 is 117 Å². The Kier molecular flexibility index (Phi) is 23.0. The number of halogens is 1. The summed E-state index contributed by atoms with van der Waals surface area (Å²) >= 11 is 10.0. The highest BCUT2D eigenvalue weighted by Gasteiger charge is 2.27. The zero-order valence-electron chi connectivity index (χ0n) is 68.0. The van der Waals surface area contributed by atoms with E-state index >= 15 is 0 Å². The first-order chi connectivity index (χ1) is 48.8. The van der Waals surface area contributed by atoms with Crippen molar-refractivity contribution in [1.82, 2.24) is 0 Å². The molecule has 0 aliphatic carbocycles. The summed E-state index contributed by atoms with van der Waals surface area (Å²) in [6, 6.07) is 81.1. The van der Waals surface area contributed by atoms with Crippen LogP contribution in [-0.4, -0.2) is 0 Å². The summed E-state index contributed by atoms with van der Waals surface area (Å²) in [4.78, 5) is 7.16. The lowest BCUT2D eigenvalue weighted by atomic mass is 9.86. The predicted octanol–water partition coefficient (Wildman–Crippen LogP) is 31.3. The van der Waals surface area contributed by atoms with Crippen LogP contribution in [0.3, 0.4) is 0 Å². The van der Waals surface area contributed by atoms with Crippen molar-refractivity contribution in [1.29, 1.82) is 0 Å². The van der Waals surface area contributed by atoms with E-state index in [9.17, 15) is 0 Å². The summed E-state index contributed by atoms with van der Waals surface area (Å²) in [7, 11) is 0. The zero-order valence-corrected chi connectivity index (χ0v) is 70.4. The van der Waals surface area contributed by atoms with Crippen molar-refractivity contribution in [3.05, 3.63) is 290 Å². The normalized spacial score (nSPS) is 12.5. The summed E-state index contributed by atoms with van der Waals surface area (Å²) < 4.78 is 2.63. The molecule has 0 fully saturated rings. The lowest BCUT2D eigenvalue weighted by molar-refractivity contribution is 0.590. The Balaban J connectivity index is 0.000000187. The number of hydrogen-bond acceptors (Lipinski definition) is 6. The van der Waals surface area contributed by atoms with Crippen LogP contribution in [0.1, 0.15) is 222 Å². The number of anilines is 11. The van der Waals surface area contributed by atoms with E-state index in [4.69, 9.17) is 11.6 Å². The third-order valence-corrected chi connectivity index (χ3v) is 22.1. The summed E-state index contributed by atoms with van der Waals surface area (Å²) in [5.74, 6) is 0. The summed E-state index contributed by atoms with van der Waals surface area (Å²) in [6.45, 7) is 58.7. The second-order valence-corrected chi connectivity index (χ2v) is 39.4. The Bertz CT molecular complexity index is 4780. The van der Waals surface area contributed by atoms with Gasteiger partial charge in [-0.1, -0.05) is 263 Å². The molecule has 2 aromatic heterocycles. The van der Waals surface area contributed by atoms with Gasteiger partial charge in [-0.2, -0.15) is 0 Å². The van der Waals surface area contributed by atoms with Crippen LogP contribution in [0, 0.1) is 13.8 Å². The molecule has 0 atom stereocenters. The minimum Gasteiger partial charge on any atom is -0.354 e. The molecule has 0 aliphatic heterocycles. The first kappa shape index (κ1) is 79.2. The summed E-state index contributed by atoms with van der Waals surface area (Å²) in [5.41, 5.74) is 26.6. The first-order valence-corrected chi connectivity index (χ1v) is 39.7. The molecule has 0 saturated heterocycles. The van der Waals surface area contributed by atoms with Crippen molar-refractivity contribution < 1.29 is 0 Å². The monoisotopic (exact) mass is 1450 g/mol. The minimum atomic E-state index is 0.0503. The van der Waals surface area contributed by atoms with Crippen LogP contribution in [0.25, 0.3) is 20.2 Å². The number of benzene rings is 10. The molecule has 0 bridgehead atoms. The standard InChI is InChI=1S/C49H58N2S.C27H32ClN.C22H27NS/c1-33-28-41(50(38-21-14-34(15-22-38)46(2,3)4)39-23-16-35(17-24-39)47(5,6)7)31-42(29-33)51(40-25-18-36(19-26-40)48(8,9)10)44-32-52-45-27-20-37(30-43(44)45)49(11,12)13;1-19-16-22(28)18-25(17-19)29(23-12-8-20(9-13-23)26(2,3)4)24-14-10-21(11-15-24)27(5,6)7;1-21(2,3)15-7-10-17(11-8-15)23-19-14-24-20-12-9-16(13-18(19)20)22(4,5)6/h14-32H,1-13H3;8-18H,1-7H3;7-14,23H,1-6H3. The second-order valence-electron chi connectivity index (χ2n) is 37.1. The van der Waals surface area contributed by atoms with E-state index in [1.54, 1.807) is 11.3 Å². The van der Waals surface area contributed by atoms with E-state index in [-0.39, 0.29) is 43.3 Å². The molecule has 10 aromatic carbocycles. The van der Waals surface area contributed by atoms with Crippen LogP contribution in [0.5, 0.6) is 0 Å². The molecule has 12 aromatic rings. The van der Waals surface area contributed by atoms with E-state index in [1.807, 2.05) is 23.5 Å². The predicted molar refractivity (Wildman–Crippen MR) is 468 cm³/mol. The van der Waals surface area contributed by atoms with Gasteiger partial charge in [-0.15, -0.1) is 22.7 Å². The Labute approximate surface area is 645 Å². The maximum atomic E-state index is 6.41. The van der Waals surface area contributed by atoms with Gasteiger partial charge in [-0.25, -0.2) is 0 Å². The first-order valence-electron chi connectivity index (χ1n) is 37.5. The molecular formula is C98H117ClN4S2. The molecule has 0 spiro atoms. The van der Waals surface area contributed by atoms with Gasteiger partial charge in [0.2, 0.25) is 0 Å². The van der Waals surface area contributed by atoms with Crippen molar-refractivity contribution in [2.75, 3.05) is 20.0 Å². The molecule has 0 aliphatic rings. The molecule has 4 nitrogen and oxygen atoms in total. The molecule has 105 heavy (non-hydrogen) atoms. The van der Waals surface area contributed by atoms with Gasteiger partial charge in [0.05, 0.1) is 11.4 Å². The zero-order chi connectivity index (χ0) is 76.7. The van der Waals surface area contributed by atoms with Crippen LogP contribution in [-0.2, 0) is 43.3 Å². The van der Waals surface area contributed by atoms with E-state index in [2.05, 4.69) is 417 Å². The van der Waals surface area contributed by atoms with Crippen LogP contribution in [0.15, 0.2) is 229 Å². The maximum Gasteiger partial charge on any atom is 0.0647 e. The van der Waals surface area contributed by atoms with Gasteiger partial charge in [0.15, 0.2) is 0 Å². The fraction of sp³-hybridized carbons (Fsp3) is 0.347. The molecule has 12 rings (SSSR count). The lowest BCUT2D eigenvalue weighted by Crippen LogP contribution is -2.16. The topological polar surface area (TPSA) is 21.8 Å². The van der Waals surface area contributed by atoms with Gasteiger partial charge < -0.3 is 20.0 Å². The Morgan fingerprint density at radius 3 is 0.857 bits per heavy atom. The number of fused-ring (bicyclic) bond motifs is 2. The van der Waals surface area contributed by atoms with Crippen LogP contribution in [0.2, 0.25) is 5.02 Å². The van der Waals surface area contributed by atoms with Crippen molar-refractivity contribution in [2.45, 2.75) is 223 Å². The van der Waals surface area contributed by atoms with E-state index < -0.39 is 0 Å². The number of rotatable bonds is 11. The SMILES string of the molecule is CC(C)(C)c1ccc(Nc2csc3ccc(C(C)(C)C)cc23)cc1.Cc1cc(Cl)cc(N(c2ccc(C(C)(C)C)cc2)c2ccc(C(C)(C)C)cc2)c1.Cc1cc(N(c2ccc(C(C)(C)C)cc2)c2ccc(C(C)(C)C)cc2)cc(N(c2ccc(C(C)(C)C)cc2)c2csc3ccc(C(C)(C)C)cc23)c1. The highest BCUT2D eigenvalue weighted by molar-refractivity contribution is 7.18. The number of aryl methyl sites for hydroxylation is 2. The molecule has 0 radical (unpaired) electrons. The molecule has 0 amide bonds. The smallest absolute Gasteiger partial charge is 0.0647 e. The summed E-state index contributed by atoms with van der Waals surface area (Å²) in [5, 5.41) is 11.5. The molecular weight excluding hydrogens is 1330 g/mol. The largest absolute Gasteiger partial charge is 0.354 e. The molecule has 0 unspecified atom stereocenters. The number of hydrogen-bond donors (Lipinski definition) is 1. The minimum absolute atomic E-state index is 0.0503. The fourth-order valence-electron chi connectivity index (χ4n) is 13.2. The highest BCUT2D eigenvalue weighted by atomic mass is 35.5. The van der Waals surface area contributed by atoms with Crippen LogP contribution in [0.4, 0.5) is 62.6 Å². The third kappa shape index (κ3) is 19.4. The number of nitrogens with zero attached hydrogens (tertiary/aromatic N) is 3. The Hall–Kier alpha value is -8.39. The second kappa shape index (κ2) is 30.5. The van der Waals surface area contributed by atoms with Gasteiger partial charge in [0.25, 0.3) is 0 Å². The Morgan fingerprint density at radius 1 is 0.257 bits per heavy atom. The van der Waals surface area contributed by atoms with Crippen LogP contribution >= 0.6 is 34.3 Å². The number of nitrogens with one attached hydrogen (secondary N) is 1. The van der Waals surface area contributed by atoms with E-state index in [0.29, 0.717) is 0 Å². The fourth-order valence-corrected chi connectivity index (χ4v) is 15.2. The molecule has 0 saturated carbocycles. The molecule has 1 N–H and O–H groups in total. The van der Waals surface area contributed by atoms with Crippen LogP contribution < -0.4 is 20.0 Å². The maximum absolute atomic E-state index is 6.41. The van der Waals surface area contributed by atoms with E-state index in [1.165, 1.54) is 81.6 Å².